The maximum Gasteiger partial charge on any atom is 0.310 e. The third kappa shape index (κ3) is 3.39. The van der Waals surface area contributed by atoms with E-state index in [0.29, 0.717) is 11.8 Å². The summed E-state index contributed by atoms with van der Waals surface area (Å²) in [6.45, 7) is 10.5. The van der Waals surface area contributed by atoms with Crippen LogP contribution in [0.25, 0.3) is 0 Å². The molecule has 6 atom stereocenters. The fraction of sp³-hybridized carbons (Fsp3) is 0.731. The number of benzene rings is 1. The first-order valence-corrected chi connectivity index (χ1v) is 12.3. The topological polar surface area (TPSA) is 45.3 Å². The summed E-state index contributed by atoms with van der Waals surface area (Å²) in [5.74, 6) is 1.08. The number of aryl methyl sites for hydroxylation is 1. The van der Waals surface area contributed by atoms with Crippen LogP contribution in [0, 0.1) is 30.1 Å². The van der Waals surface area contributed by atoms with Crippen molar-refractivity contribution < 1.29 is 14.3 Å². The molecule has 0 N–H and O–H groups in total. The number of hydrogen-bond donors (Lipinski definition) is 0. The van der Waals surface area contributed by atoms with Gasteiger partial charge in [0.1, 0.15) is 6.10 Å². The molecule has 168 valence electrons. The van der Waals surface area contributed by atoms with Gasteiger partial charge in [0, 0.05) is 44.3 Å². The molecule has 2 aliphatic carbocycles. The predicted octanol–water partition coefficient (Wildman–Crippen LogP) is 3.64. The third-order valence-electron chi connectivity index (χ3n) is 9.27. The first-order valence-electron chi connectivity index (χ1n) is 12.3. The molecule has 0 bridgehead atoms. The van der Waals surface area contributed by atoms with Crippen LogP contribution in [0.5, 0.6) is 0 Å². The Labute approximate surface area is 186 Å². The number of hydrogen-bond acceptors (Lipinski definition) is 5. The second-order valence-electron chi connectivity index (χ2n) is 11.2. The molecule has 0 aromatic heterocycles. The number of carbonyl (C=O) groups is 1. The van der Waals surface area contributed by atoms with Gasteiger partial charge in [0.15, 0.2) is 0 Å². The van der Waals surface area contributed by atoms with E-state index in [4.69, 9.17) is 9.47 Å². The molecule has 0 unspecified atom stereocenters. The normalized spacial score (nSPS) is 42.3. The average molecular weight is 425 g/mol. The number of carbonyl (C=O) groups excluding carboxylic acids is 1. The van der Waals surface area contributed by atoms with E-state index in [1.54, 1.807) is 0 Å². The lowest BCUT2D eigenvalue weighted by Crippen LogP contribution is -2.52. The van der Waals surface area contributed by atoms with Crippen molar-refractivity contribution in [3.05, 3.63) is 29.8 Å². The van der Waals surface area contributed by atoms with Gasteiger partial charge < -0.3 is 14.4 Å². The molecule has 1 spiro atoms. The maximum atomic E-state index is 12.9. The van der Waals surface area contributed by atoms with Crippen molar-refractivity contribution in [3.63, 3.8) is 0 Å². The molecule has 3 aliphatic heterocycles. The SMILES string of the molecule is Cc1cccc(N2CCN(C[C@@H]3C(=O)O[C@@H]4C[C@@]5(C)CCC[C@@]6(CO6)[C@H]5C[C@H]34)CC2)c1. The fourth-order valence-corrected chi connectivity index (χ4v) is 7.46. The number of esters is 1. The molecule has 6 rings (SSSR count). The minimum absolute atomic E-state index is 0.0396. The Morgan fingerprint density at radius 2 is 1.97 bits per heavy atom. The summed E-state index contributed by atoms with van der Waals surface area (Å²) in [6.07, 6.45) is 6.01. The molecule has 1 aromatic carbocycles. The minimum Gasteiger partial charge on any atom is -0.462 e. The Kier molecular flexibility index (Phi) is 4.66. The van der Waals surface area contributed by atoms with E-state index in [2.05, 4.69) is 47.9 Å². The van der Waals surface area contributed by atoms with Crippen LogP contribution in [0.4, 0.5) is 5.69 Å². The lowest BCUT2D eigenvalue weighted by Gasteiger charge is -2.51. The molecular weight excluding hydrogens is 388 g/mol. The molecule has 3 saturated heterocycles. The van der Waals surface area contributed by atoms with Gasteiger partial charge in [0.05, 0.1) is 18.1 Å². The molecule has 5 heteroatoms. The minimum atomic E-state index is 0.0396. The lowest BCUT2D eigenvalue weighted by molar-refractivity contribution is -0.147. The molecule has 5 nitrogen and oxygen atoms in total. The van der Waals surface area contributed by atoms with Crippen molar-refractivity contribution in [2.75, 3.05) is 44.2 Å². The number of rotatable bonds is 3. The average Bonchev–Trinajstić information content (AvgIpc) is 3.45. The molecule has 0 radical (unpaired) electrons. The molecule has 3 heterocycles. The van der Waals surface area contributed by atoms with Crippen LogP contribution in [0.3, 0.4) is 0 Å². The Hall–Kier alpha value is -1.59. The van der Waals surface area contributed by atoms with Crippen LogP contribution in [-0.2, 0) is 14.3 Å². The quantitative estimate of drug-likeness (QED) is 0.548. The van der Waals surface area contributed by atoms with E-state index in [1.165, 1.54) is 30.5 Å². The Morgan fingerprint density at radius 3 is 2.71 bits per heavy atom. The molecule has 1 aromatic rings. The van der Waals surface area contributed by atoms with Crippen LogP contribution in [0.1, 0.15) is 44.6 Å². The van der Waals surface area contributed by atoms with Gasteiger partial charge in [-0.1, -0.05) is 19.1 Å². The zero-order valence-electron chi connectivity index (χ0n) is 19.0. The molecule has 31 heavy (non-hydrogen) atoms. The highest BCUT2D eigenvalue weighted by Crippen LogP contribution is 2.62. The monoisotopic (exact) mass is 424 g/mol. The smallest absolute Gasteiger partial charge is 0.310 e. The van der Waals surface area contributed by atoms with Gasteiger partial charge in [-0.25, -0.2) is 0 Å². The predicted molar refractivity (Wildman–Crippen MR) is 120 cm³/mol. The first-order chi connectivity index (χ1) is 15.0. The maximum absolute atomic E-state index is 12.9. The molecule has 5 aliphatic rings. The van der Waals surface area contributed by atoms with Crippen molar-refractivity contribution in [1.82, 2.24) is 4.90 Å². The summed E-state index contributed by atoms with van der Waals surface area (Å²) in [7, 11) is 0. The van der Waals surface area contributed by atoms with E-state index >= 15 is 0 Å². The van der Waals surface area contributed by atoms with Gasteiger partial charge in [0.2, 0.25) is 0 Å². The summed E-state index contributed by atoms with van der Waals surface area (Å²) in [5.41, 5.74) is 3.04. The van der Waals surface area contributed by atoms with Crippen LogP contribution >= 0.6 is 0 Å². The van der Waals surface area contributed by atoms with Crippen LogP contribution in [0.15, 0.2) is 24.3 Å². The second-order valence-corrected chi connectivity index (χ2v) is 11.2. The van der Waals surface area contributed by atoms with Crippen LogP contribution in [0.2, 0.25) is 0 Å². The van der Waals surface area contributed by atoms with Crippen molar-refractivity contribution in [2.45, 2.75) is 57.7 Å². The third-order valence-corrected chi connectivity index (χ3v) is 9.27. The Morgan fingerprint density at radius 1 is 1.16 bits per heavy atom. The zero-order chi connectivity index (χ0) is 21.2. The summed E-state index contributed by atoms with van der Waals surface area (Å²) >= 11 is 0. The van der Waals surface area contributed by atoms with E-state index in [-0.39, 0.29) is 29.0 Å². The van der Waals surface area contributed by atoms with Crippen molar-refractivity contribution in [3.8, 4) is 0 Å². The largest absolute Gasteiger partial charge is 0.462 e. The highest BCUT2D eigenvalue weighted by atomic mass is 16.6. The van der Waals surface area contributed by atoms with Gasteiger partial charge >= 0.3 is 5.97 Å². The summed E-state index contributed by atoms with van der Waals surface area (Å²) < 4.78 is 12.1. The van der Waals surface area contributed by atoms with Gasteiger partial charge in [0.25, 0.3) is 0 Å². The standard InChI is InChI=1S/C26H36N2O3/c1-18-5-3-6-19(13-18)28-11-9-27(10-12-28)16-21-20-14-23-25(2,15-22(20)31-24(21)29)7-4-8-26(23)17-30-26/h3,5-6,13,20-23H,4,7-12,14-17H2,1-2H3/t20-,21+,22-,23+,25-,26-/m1/s1. The van der Waals surface area contributed by atoms with Crippen LogP contribution in [-0.4, -0.2) is 61.9 Å². The van der Waals surface area contributed by atoms with Gasteiger partial charge in [-0.15, -0.1) is 0 Å². The number of epoxide rings is 1. The number of piperazine rings is 1. The molecular formula is C26H36N2O3. The van der Waals surface area contributed by atoms with E-state index in [1.807, 2.05) is 0 Å². The first kappa shape index (κ1) is 20.0. The summed E-state index contributed by atoms with van der Waals surface area (Å²) in [5, 5.41) is 0. The number of fused-ring (bicyclic) bond motifs is 3. The van der Waals surface area contributed by atoms with Crippen molar-refractivity contribution in [1.29, 1.82) is 0 Å². The van der Waals surface area contributed by atoms with Crippen LogP contribution < -0.4 is 4.90 Å². The summed E-state index contributed by atoms with van der Waals surface area (Å²) in [4.78, 5) is 17.9. The lowest BCUT2D eigenvalue weighted by atomic mass is 9.53. The van der Waals surface area contributed by atoms with Crippen molar-refractivity contribution in [2.24, 2.45) is 23.2 Å². The highest BCUT2D eigenvalue weighted by Gasteiger charge is 2.65. The number of nitrogens with zero attached hydrogens (tertiary/aromatic N) is 2. The van der Waals surface area contributed by atoms with E-state index < -0.39 is 0 Å². The Bertz CT molecular complexity index is 860. The van der Waals surface area contributed by atoms with Crippen molar-refractivity contribution >= 4 is 11.7 Å². The Balaban J connectivity index is 1.12. The number of anilines is 1. The molecule has 0 amide bonds. The van der Waals surface area contributed by atoms with Gasteiger partial charge in [-0.3, -0.25) is 9.69 Å². The second kappa shape index (κ2) is 7.21. The van der Waals surface area contributed by atoms with E-state index in [0.717, 1.165) is 52.2 Å². The molecule has 2 saturated carbocycles. The van der Waals surface area contributed by atoms with E-state index in [9.17, 15) is 4.79 Å². The number of ether oxygens (including phenoxy) is 2. The summed E-state index contributed by atoms with van der Waals surface area (Å²) in [6, 6.07) is 8.78. The van der Waals surface area contributed by atoms with Gasteiger partial charge in [-0.2, -0.15) is 0 Å². The zero-order valence-corrected chi connectivity index (χ0v) is 19.0. The molecule has 5 fully saturated rings. The highest BCUT2D eigenvalue weighted by molar-refractivity contribution is 5.75. The fourth-order valence-electron chi connectivity index (χ4n) is 7.46. The van der Waals surface area contributed by atoms with Gasteiger partial charge in [-0.05, 0) is 68.1 Å².